The first-order chi connectivity index (χ1) is 21.5. The Labute approximate surface area is 265 Å². The predicted octanol–water partition coefficient (Wildman–Crippen LogP) is 6.72. The molecule has 1 atom stereocenters. The van der Waals surface area contributed by atoms with E-state index in [1.165, 1.54) is 0 Å². The van der Waals surface area contributed by atoms with Crippen LogP contribution < -0.4 is 5.73 Å². The van der Waals surface area contributed by atoms with Crippen LogP contribution in [-0.4, -0.2) is 63.2 Å². The third kappa shape index (κ3) is 5.91. The van der Waals surface area contributed by atoms with E-state index in [1.807, 2.05) is 31.0 Å². The number of hydrogen-bond donors (Lipinski definition) is 2. The number of nitrogens with two attached hydrogens (primary N) is 1. The van der Waals surface area contributed by atoms with Crippen molar-refractivity contribution in [2.45, 2.75) is 57.9 Å². The van der Waals surface area contributed by atoms with Gasteiger partial charge in [0.15, 0.2) is 5.82 Å². The van der Waals surface area contributed by atoms with Crippen LogP contribution >= 0.6 is 11.3 Å². The fourth-order valence-corrected chi connectivity index (χ4v) is 7.33. The minimum Gasteiger partial charge on any atom is -0.402 e. The number of H-pyrrole nitrogens is 1. The van der Waals surface area contributed by atoms with Crippen molar-refractivity contribution in [1.29, 1.82) is 0 Å². The topological polar surface area (TPSA) is 86.4 Å². The summed E-state index contributed by atoms with van der Waals surface area (Å²) >= 11 is 1.64. The Balaban J connectivity index is 1.42. The lowest BCUT2D eigenvalue weighted by Crippen LogP contribution is -2.30. The van der Waals surface area contributed by atoms with E-state index in [0.29, 0.717) is 66.5 Å². The number of aromatic nitrogens is 3. The van der Waals surface area contributed by atoms with Crippen molar-refractivity contribution in [3.63, 3.8) is 0 Å². The molecular weight excluding hydrogens is 595 g/mol. The maximum Gasteiger partial charge on any atom is 0.261 e. The fourth-order valence-electron chi connectivity index (χ4n) is 6.54. The second-order valence-corrected chi connectivity index (χ2v) is 13.0. The van der Waals surface area contributed by atoms with Crippen molar-refractivity contribution in [2.24, 2.45) is 10.7 Å². The molecule has 0 bridgehead atoms. The van der Waals surface area contributed by atoms with Gasteiger partial charge >= 0.3 is 0 Å². The largest absolute Gasteiger partial charge is 0.402 e. The van der Waals surface area contributed by atoms with E-state index in [0.717, 1.165) is 28.2 Å². The normalized spacial score (nSPS) is 24.4. The van der Waals surface area contributed by atoms with Crippen molar-refractivity contribution in [1.82, 2.24) is 24.8 Å². The van der Waals surface area contributed by atoms with Crippen molar-refractivity contribution in [3.8, 4) is 0 Å². The van der Waals surface area contributed by atoms with E-state index in [2.05, 4.69) is 39.8 Å². The minimum absolute atomic E-state index is 0.159. The number of hydrogen-bond acceptors (Lipinski definition) is 7. The Bertz CT molecular complexity index is 1750. The SMILES string of the molecule is C/C=C(/C(F)=C1/C(c2nc3c([nH]2)CC(N)=CCC3(C)c2ccsc2)=NCN(C)/C1=C/C)c1cncc(CN2CCC(F)(F)C2)c1. The smallest absolute Gasteiger partial charge is 0.261 e. The molecule has 1 unspecified atom stereocenters. The van der Waals surface area contributed by atoms with Crippen LogP contribution in [0.1, 0.15) is 67.5 Å². The van der Waals surface area contributed by atoms with E-state index in [-0.39, 0.29) is 13.0 Å². The van der Waals surface area contributed by atoms with Crippen LogP contribution in [0, 0.1) is 0 Å². The maximum atomic E-state index is 17.1. The van der Waals surface area contributed by atoms with E-state index in [1.54, 1.807) is 41.6 Å². The first-order valence-corrected chi connectivity index (χ1v) is 16.1. The molecule has 7 nitrogen and oxygen atoms in total. The summed E-state index contributed by atoms with van der Waals surface area (Å²) in [5, 5.41) is 4.20. The van der Waals surface area contributed by atoms with E-state index < -0.39 is 17.2 Å². The number of nitrogens with zero attached hydrogens (tertiary/aromatic N) is 5. The predicted molar refractivity (Wildman–Crippen MR) is 174 cm³/mol. The quantitative estimate of drug-likeness (QED) is 0.315. The summed E-state index contributed by atoms with van der Waals surface area (Å²) in [6.45, 7) is 6.50. The Morgan fingerprint density at radius 3 is 2.76 bits per heavy atom. The van der Waals surface area contributed by atoms with Gasteiger partial charge in [0.05, 0.1) is 17.8 Å². The molecule has 5 heterocycles. The number of likely N-dealkylation sites (N-methyl/N-ethyl adjacent to an activating group) is 1. The number of halogens is 3. The molecule has 0 radical (unpaired) electrons. The first kappa shape index (κ1) is 31.0. The molecule has 3 aliphatic rings. The molecule has 3 N–H and O–H groups in total. The summed E-state index contributed by atoms with van der Waals surface area (Å²) in [6, 6.07) is 3.94. The third-order valence-corrected chi connectivity index (χ3v) is 9.64. The highest BCUT2D eigenvalue weighted by atomic mass is 32.1. The van der Waals surface area contributed by atoms with Gasteiger partial charge in [0, 0.05) is 79.0 Å². The highest BCUT2D eigenvalue weighted by Crippen LogP contribution is 2.41. The van der Waals surface area contributed by atoms with Gasteiger partial charge < -0.3 is 15.6 Å². The number of nitrogens with one attached hydrogen (secondary N) is 1. The zero-order valence-corrected chi connectivity index (χ0v) is 26.8. The molecule has 0 amide bonds. The van der Waals surface area contributed by atoms with Crippen molar-refractivity contribution in [3.05, 3.63) is 110 Å². The number of aromatic amines is 1. The van der Waals surface area contributed by atoms with Gasteiger partial charge in [-0.1, -0.05) is 18.2 Å². The lowest BCUT2D eigenvalue weighted by molar-refractivity contribution is 0.0115. The summed E-state index contributed by atoms with van der Waals surface area (Å²) in [6.07, 6.45) is 9.96. The highest BCUT2D eigenvalue weighted by molar-refractivity contribution is 7.08. The summed E-state index contributed by atoms with van der Waals surface area (Å²) in [5.74, 6) is -2.66. The number of rotatable bonds is 6. The minimum atomic E-state index is -2.69. The average Bonchev–Trinajstić information content (AvgIpc) is 3.76. The van der Waals surface area contributed by atoms with Gasteiger partial charge in [0.25, 0.3) is 5.92 Å². The molecule has 1 saturated heterocycles. The van der Waals surface area contributed by atoms with Crippen LogP contribution in [0.2, 0.25) is 0 Å². The molecule has 6 rings (SSSR count). The van der Waals surface area contributed by atoms with Crippen LogP contribution in [-0.2, 0) is 18.4 Å². The Morgan fingerprint density at radius 2 is 2.07 bits per heavy atom. The molecule has 0 aromatic carbocycles. The van der Waals surface area contributed by atoms with E-state index >= 15 is 4.39 Å². The average molecular weight is 634 g/mol. The second kappa shape index (κ2) is 12.1. The number of imidazole rings is 1. The lowest BCUT2D eigenvalue weighted by atomic mass is 9.78. The summed E-state index contributed by atoms with van der Waals surface area (Å²) < 4.78 is 44.7. The van der Waals surface area contributed by atoms with E-state index in [4.69, 9.17) is 15.7 Å². The number of alkyl halides is 2. The molecule has 0 saturated carbocycles. The fraction of sp³-hybridized carbons (Fsp3) is 0.382. The standard InChI is InChI=1S/C34H38F3N7S/c1-5-25(22-13-21(15-39-16-22)17-44-11-10-34(36,37)19-44)29(35)28-27(6-2)43(4)20-40-30(28)32-41-26-14-24(38)7-9-33(3,31(26)42-32)23-8-12-45-18-23/h5-8,12-13,15-16,18H,9-11,14,17,19-20,38H2,1-4H3,(H,41,42)/b25-5+,27-6+,29-28-. The van der Waals surface area contributed by atoms with Gasteiger partial charge in [0.1, 0.15) is 18.2 Å². The first-order valence-electron chi connectivity index (χ1n) is 15.1. The molecule has 2 aliphatic heterocycles. The Hall–Kier alpha value is -3.96. The van der Waals surface area contributed by atoms with Crippen molar-refractivity contribution in [2.75, 3.05) is 26.8 Å². The zero-order valence-electron chi connectivity index (χ0n) is 26.0. The van der Waals surface area contributed by atoms with Gasteiger partial charge in [-0.15, -0.1) is 0 Å². The van der Waals surface area contributed by atoms with Crippen LogP contribution in [0.5, 0.6) is 0 Å². The van der Waals surface area contributed by atoms with Gasteiger partial charge in [-0.2, -0.15) is 11.3 Å². The molecule has 45 heavy (non-hydrogen) atoms. The number of allylic oxidation sites excluding steroid dienone is 7. The molecular formula is C34H38F3N7S. The van der Waals surface area contributed by atoms with Crippen molar-refractivity contribution >= 4 is 22.6 Å². The Morgan fingerprint density at radius 1 is 1.24 bits per heavy atom. The van der Waals surface area contributed by atoms with Gasteiger partial charge in [-0.3, -0.25) is 14.9 Å². The van der Waals surface area contributed by atoms with Crippen LogP contribution in [0.15, 0.2) is 81.3 Å². The molecule has 1 aliphatic carbocycles. The van der Waals surface area contributed by atoms with Gasteiger partial charge in [-0.05, 0) is 61.2 Å². The van der Waals surface area contributed by atoms with E-state index in [9.17, 15) is 8.78 Å². The molecule has 236 valence electrons. The number of aliphatic imine (C=N–C) groups is 1. The highest BCUT2D eigenvalue weighted by Gasteiger charge is 2.39. The Kier molecular flexibility index (Phi) is 8.34. The van der Waals surface area contributed by atoms with Crippen molar-refractivity contribution < 1.29 is 13.2 Å². The second-order valence-electron chi connectivity index (χ2n) is 12.2. The summed E-state index contributed by atoms with van der Waals surface area (Å²) in [4.78, 5) is 21.4. The lowest BCUT2D eigenvalue weighted by Gasteiger charge is -2.29. The zero-order chi connectivity index (χ0) is 31.9. The molecule has 0 spiro atoms. The summed E-state index contributed by atoms with van der Waals surface area (Å²) in [5.41, 5.74) is 12.8. The number of thiophene rings is 1. The molecule has 3 aromatic heterocycles. The van der Waals surface area contributed by atoms with Gasteiger partial charge in [0.2, 0.25) is 0 Å². The number of fused-ring (bicyclic) bond motifs is 1. The maximum absolute atomic E-state index is 17.1. The number of pyridine rings is 1. The van der Waals surface area contributed by atoms with Crippen LogP contribution in [0.3, 0.4) is 0 Å². The molecule has 1 fully saturated rings. The summed E-state index contributed by atoms with van der Waals surface area (Å²) in [7, 11) is 1.88. The van der Waals surface area contributed by atoms with Crippen LogP contribution in [0.25, 0.3) is 5.57 Å². The monoisotopic (exact) mass is 633 g/mol. The number of likely N-dealkylation sites (tertiary alicyclic amines) is 1. The third-order valence-electron chi connectivity index (χ3n) is 8.96. The van der Waals surface area contributed by atoms with Gasteiger partial charge in [-0.25, -0.2) is 18.2 Å². The molecule has 11 heteroatoms. The molecule has 3 aromatic rings. The van der Waals surface area contributed by atoms with Crippen LogP contribution in [0.4, 0.5) is 13.2 Å².